The molecule has 0 aromatic carbocycles. The molecule has 5 rings (SSSR count). The van der Waals surface area contributed by atoms with Crippen LogP contribution in [0.15, 0.2) is 55.2 Å². The molecule has 0 bridgehead atoms. The van der Waals surface area contributed by atoms with Crippen molar-refractivity contribution in [2.24, 2.45) is 7.05 Å². The molecule has 138 valence electrons. The molecule has 1 amide bonds. The zero-order valence-corrected chi connectivity index (χ0v) is 15.3. The van der Waals surface area contributed by atoms with E-state index >= 15 is 0 Å². The molecule has 2 aliphatic rings. The first-order valence-electron chi connectivity index (χ1n) is 9.25. The standard InChI is InChI=1S/C20H22N6O/c1-23-10-16(9-22-23)11-24-13-18-19(14-24)26(12-15-4-2-6-21-8-15)20(27)17-5-3-7-25(17)18/h2-10,18-19H,11-14H2,1H3/t18-,19+/m0/s1. The third kappa shape index (κ3) is 2.84. The van der Waals surface area contributed by atoms with Gasteiger partial charge in [-0.05, 0) is 23.8 Å². The van der Waals surface area contributed by atoms with Gasteiger partial charge < -0.3 is 9.47 Å². The van der Waals surface area contributed by atoms with Gasteiger partial charge in [-0.15, -0.1) is 0 Å². The van der Waals surface area contributed by atoms with Crippen LogP contribution >= 0.6 is 0 Å². The molecule has 3 aromatic heterocycles. The summed E-state index contributed by atoms with van der Waals surface area (Å²) >= 11 is 0. The van der Waals surface area contributed by atoms with Gasteiger partial charge in [-0.2, -0.15) is 5.10 Å². The molecular weight excluding hydrogens is 340 g/mol. The number of hydrogen-bond donors (Lipinski definition) is 0. The highest BCUT2D eigenvalue weighted by atomic mass is 16.2. The van der Waals surface area contributed by atoms with E-state index in [1.807, 2.05) is 59.5 Å². The number of hydrogen-bond acceptors (Lipinski definition) is 4. The normalized spacial score (nSPS) is 22.1. The van der Waals surface area contributed by atoms with Gasteiger partial charge in [0.25, 0.3) is 5.91 Å². The maximum atomic E-state index is 13.1. The van der Waals surface area contributed by atoms with Gasteiger partial charge in [0.1, 0.15) is 5.69 Å². The Kier molecular flexibility index (Phi) is 3.82. The summed E-state index contributed by atoms with van der Waals surface area (Å²) in [7, 11) is 1.94. The number of likely N-dealkylation sites (tertiary alicyclic amines) is 1. The molecule has 27 heavy (non-hydrogen) atoms. The van der Waals surface area contributed by atoms with Crippen LogP contribution in [0.1, 0.15) is 27.7 Å². The lowest BCUT2D eigenvalue weighted by Crippen LogP contribution is -2.49. The third-order valence-corrected chi connectivity index (χ3v) is 5.59. The zero-order chi connectivity index (χ0) is 18.4. The van der Waals surface area contributed by atoms with Gasteiger partial charge in [-0.25, -0.2) is 0 Å². The van der Waals surface area contributed by atoms with Crippen molar-refractivity contribution in [2.45, 2.75) is 25.2 Å². The topological polar surface area (TPSA) is 59.2 Å². The van der Waals surface area contributed by atoms with E-state index in [4.69, 9.17) is 0 Å². The summed E-state index contributed by atoms with van der Waals surface area (Å²) in [5.74, 6) is 0.105. The molecule has 5 heterocycles. The molecule has 0 radical (unpaired) electrons. The van der Waals surface area contributed by atoms with E-state index in [1.165, 1.54) is 5.56 Å². The minimum Gasteiger partial charge on any atom is -0.337 e. The van der Waals surface area contributed by atoms with E-state index in [1.54, 1.807) is 6.20 Å². The van der Waals surface area contributed by atoms with Crippen molar-refractivity contribution >= 4 is 5.91 Å². The summed E-state index contributed by atoms with van der Waals surface area (Å²) in [4.78, 5) is 21.8. The smallest absolute Gasteiger partial charge is 0.271 e. The van der Waals surface area contributed by atoms with Gasteiger partial charge >= 0.3 is 0 Å². The fourth-order valence-corrected chi connectivity index (χ4v) is 4.41. The van der Waals surface area contributed by atoms with Crippen LogP contribution in [0, 0.1) is 0 Å². The van der Waals surface area contributed by atoms with E-state index in [0.29, 0.717) is 6.54 Å². The average Bonchev–Trinajstić information content (AvgIpc) is 3.39. The number of rotatable bonds is 4. The Labute approximate surface area is 157 Å². The Bertz CT molecular complexity index is 962. The van der Waals surface area contributed by atoms with Crippen molar-refractivity contribution in [2.75, 3.05) is 13.1 Å². The number of pyridine rings is 1. The molecule has 7 heteroatoms. The van der Waals surface area contributed by atoms with Crippen LogP contribution in [0.4, 0.5) is 0 Å². The van der Waals surface area contributed by atoms with Crippen molar-refractivity contribution in [3.05, 3.63) is 72.1 Å². The minimum absolute atomic E-state index is 0.105. The number of amides is 1. The third-order valence-electron chi connectivity index (χ3n) is 5.59. The molecule has 2 aliphatic heterocycles. The molecule has 7 nitrogen and oxygen atoms in total. The molecule has 3 aromatic rings. The van der Waals surface area contributed by atoms with Crippen molar-refractivity contribution in [1.82, 2.24) is 29.1 Å². The van der Waals surface area contributed by atoms with Gasteiger partial charge in [0, 0.05) is 63.6 Å². The summed E-state index contributed by atoms with van der Waals surface area (Å²) in [6, 6.07) is 8.30. The van der Waals surface area contributed by atoms with Crippen molar-refractivity contribution in [3.63, 3.8) is 0 Å². The first-order valence-corrected chi connectivity index (χ1v) is 9.25. The molecule has 0 saturated carbocycles. The maximum absolute atomic E-state index is 13.1. The number of nitrogens with zero attached hydrogens (tertiary/aromatic N) is 6. The Morgan fingerprint density at radius 2 is 1.96 bits per heavy atom. The molecular formula is C20H22N6O. The fourth-order valence-electron chi connectivity index (χ4n) is 4.41. The highest BCUT2D eigenvalue weighted by Crippen LogP contribution is 2.35. The second-order valence-electron chi connectivity index (χ2n) is 7.45. The van der Waals surface area contributed by atoms with E-state index < -0.39 is 0 Å². The van der Waals surface area contributed by atoms with E-state index in [9.17, 15) is 4.79 Å². The number of aromatic nitrogens is 4. The largest absolute Gasteiger partial charge is 0.337 e. The fraction of sp³-hybridized carbons (Fsp3) is 0.350. The summed E-state index contributed by atoms with van der Waals surface area (Å²) < 4.78 is 4.00. The number of carbonyl (C=O) groups excluding carboxylic acids is 1. The van der Waals surface area contributed by atoms with E-state index in [2.05, 4.69) is 25.7 Å². The Morgan fingerprint density at radius 3 is 2.74 bits per heavy atom. The summed E-state index contributed by atoms with van der Waals surface area (Å²) in [5.41, 5.74) is 3.05. The second-order valence-corrected chi connectivity index (χ2v) is 7.45. The van der Waals surface area contributed by atoms with Gasteiger partial charge in [0.05, 0.1) is 18.3 Å². The highest BCUT2D eigenvalue weighted by molar-refractivity contribution is 5.94. The zero-order valence-electron chi connectivity index (χ0n) is 15.3. The minimum atomic E-state index is 0.105. The lowest BCUT2D eigenvalue weighted by Gasteiger charge is -2.38. The number of fused-ring (bicyclic) bond motifs is 3. The quantitative estimate of drug-likeness (QED) is 0.709. The maximum Gasteiger partial charge on any atom is 0.271 e. The molecule has 1 fully saturated rings. The molecule has 0 aliphatic carbocycles. The monoisotopic (exact) mass is 362 g/mol. The van der Waals surface area contributed by atoms with Crippen LogP contribution in [0.5, 0.6) is 0 Å². The van der Waals surface area contributed by atoms with Crippen LogP contribution < -0.4 is 0 Å². The lowest BCUT2D eigenvalue weighted by molar-refractivity contribution is 0.0556. The number of carbonyl (C=O) groups is 1. The molecule has 2 atom stereocenters. The van der Waals surface area contributed by atoms with Gasteiger partial charge in [-0.3, -0.25) is 19.4 Å². The first-order chi connectivity index (χ1) is 13.2. The summed E-state index contributed by atoms with van der Waals surface area (Å²) in [6.45, 7) is 3.24. The molecule has 0 spiro atoms. The van der Waals surface area contributed by atoms with E-state index in [0.717, 1.165) is 30.9 Å². The van der Waals surface area contributed by atoms with Crippen LogP contribution in [0.25, 0.3) is 0 Å². The van der Waals surface area contributed by atoms with Crippen molar-refractivity contribution in [1.29, 1.82) is 0 Å². The van der Waals surface area contributed by atoms with Gasteiger partial charge in [0.15, 0.2) is 0 Å². The Hall–Kier alpha value is -2.93. The number of aryl methyl sites for hydroxylation is 1. The molecule has 0 N–H and O–H groups in total. The predicted octanol–water partition coefficient (Wildman–Crippen LogP) is 1.70. The predicted molar refractivity (Wildman–Crippen MR) is 99.9 cm³/mol. The second kappa shape index (κ2) is 6.35. The molecule has 0 unspecified atom stereocenters. The first kappa shape index (κ1) is 16.3. The van der Waals surface area contributed by atoms with Crippen LogP contribution in [-0.2, 0) is 20.1 Å². The van der Waals surface area contributed by atoms with E-state index in [-0.39, 0.29) is 18.0 Å². The summed E-state index contributed by atoms with van der Waals surface area (Å²) in [6.07, 6.45) is 9.63. The van der Waals surface area contributed by atoms with Crippen molar-refractivity contribution in [3.8, 4) is 0 Å². The van der Waals surface area contributed by atoms with Gasteiger partial charge in [-0.1, -0.05) is 6.07 Å². The van der Waals surface area contributed by atoms with Crippen molar-refractivity contribution < 1.29 is 4.79 Å². The van der Waals surface area contributed by atoms with Gasteiger partial charge in [0.2, 0.25) is 0 Å². The average molecular weight is 362 g/mol. The summed E-state index contributed by atoms with van der Waals surface area (Å²) in [5, 5.41) is 4.27. The van der Waals surface area contributed by atoms with Crippen LogP contribution in [-0.4, -0.2) is 54.2 Å². The Morgan fingerprint density at radius 1 is 1.07 bits per heavy atom. The highest BCUT2D eigenvalue weighted by Gasteiger charge is 2.44. The lowest BCUT2D eigenvalue weighted by atomic mass is 10.0. The van der Waals surface area contributed by atoms with Crippen LogP contribution in [0.2, 0.25) is 0 Å². The molecule has 1 saturated heterocycles. The SMILES string of the molecule is Cn1cc(CN2C[C@@H]3[C@H](C2)n2cccc2C(=O)N3Cc2cccnc2)cn1. The Balaban J connectivity index is 1.43. The van der Waals surface area contributed by atoms with Crippen LogP contribution in [0.3, 0.4) is 0 Å².